The summed E-state index contributed by atoms with van der Waals surface area (Å²) in [7, 11) is 2.66. The van der Waals surface area contributed by atoms with Gasteiger partial charge in [-0.15, -0.1) is 0 Å². The van der Waals surface area contributed by atoms with Gasteiger partial charge in [0.05, 0.1) is 18.5 Å². The first-order valence-corrected chi connectivity index (χ1v) is 5.48. The van der Waals surface area contributed by atoms with Gasteiger partial charge in [-0.05, 0) is 0 Å². The van der Waals surface area contributed by atoms with E-state index >= 15 is 0 Å². The van der Waals surface area contributed by atoms with Crippen molar-refractivity contribution in [3.05, 3.63) is 39.9 Å². The lowest BCUT2D eigenvalue weighted by Crippen LogP contribution is -2.33. The smallest absolute Gasteiger partial charge is 0.325 e. The number of hydrogen-bond acceptors (Lipinski definition) is 5. The third-order valence-electron chi connectivity index (χ3n) is 2.55. The van der Waals surface area contributed by atoms with Crippen molar-refractivity contribution < 1.29 is 19.2 Å². The van der Waals surface area contributed by atoms with Crippen LogP contribution in [0.4, 0.5) is 5.69 Å². The maximum atomic E-state index is 11.8. The van der Waals surface area contributed by atoms with Crippen molar-refractivity contribution in [3.8, 4) is 0 Å². The molecule has 7 heteroatoms. The molecule has 0 unspecified atom stereocenters. The fourth-order valence-electron chi connectivity index (χ4n) is 1.48. The number of para-hydroxylation sites is 1. The van der Waals surface area contributed by atoms with E-state index in [-0.39, 0.29) is 24.6 Å². The Balaban J connectivity index is 2.77. The molecule has 0 saturated heterocycles. The average Bonchev–Trinajstić information content (AvgIpc) is 2.38. The molecule has 19 heavy (non-hydrogen) atoms. The van der Waals surface area contributed by atoms with Crippen LogP contribution in [0.2, 0.25) is 0 Å². The van der Waals surface area contributed by atoms with Gasteiger partial charge in [0.25, 0.3) is 5.69 Å². The van der Waals surface area contributed by atoms with E-state index in [1.165, 1.54) is 37.3 Å². The molecule has 0 radical (unpaired) electrons. The number of carbonyl (C=O) groups is 2. The molecule has 0 fully saturated rings. The summed E-state index contributed by atoms with van der Waals surface area (Å²) in [6.07, 6.45) is -0.134. The van der Waals surface area contributed by atoms with E-state index in [2.05, 4.69) is 4.74 Å². The number of nitrogens with zero attached hydrogens (tertiary/aromatic N) is 2. The molecule has 0 saturated carbocycles. The number of nitro groups is 1. The van der Waals surface area contributed by atoms with Gasteiger partial charge < -0.3 is 9.64 Å². The average molecular weight is 266 g/mol. The highest BCUT2D eigenvalue weighted by Crippen LogP contribution is 2.18. The molecule has 0 N–H and O–H groups in total. The van der Waals surface area contributed by atoms with E-state index in [4.69, 9.17) is 0 Å². The van der Waals surface area contributed by atoms with Crippen LogP contribution < -0.4 is 0 Å². The molecule has 1 aromatic carbocycles. The van der Waals surface area contributed by atoms with Gasteiger partial charge in [-0.2, -0.15) is 0 Å². The Morgan fingerprint density at radius 1 is 1.37 bits per heavy atom. The van der Waals surface area contributed by atoms with Crippen molar-refractivity contribution in [2.24, 2.45) is 0 Å². The largest absolute Gasteiger partial charge is 0.468 e. The number of hydrogen-bond donors (Lipinski definition) is 0. The lowest BCUT2D eigenvalue weighted by atomic mass is 10.1. The van der Waals surface area contributed by atoms with E-state index < -0.39 is 10.9 Å². The van der Waals surface area contributed by atoms with Crippen LogP contribution in [0.3, 0.4) is 0 Å². The van der Waals surface area contributed by atoms with Crippen LogP contribution >= 0.6 is 0 Å². The summed E-state index contributed by atoms with van der Waals surface area (Å²) in [4.78, 5) is 34.3. The third-order valence-corrected chi connectivity index (χ3v) is 2.55. The Hall–Kier alpha value is -2.44. The minimum atomic E-state index is -0.543. The summed E-state index contributed by atoms with van der Waals surface area (Å²) >= 11 is 0. The molecule has 1 amide bonds. The van der Waals surface area contributed by atoms with Crippen LogP contribution in [-0.4, -0.2) is 42.4 Å². The number of ether oxygens (including phenoxy) is 1. The molecule has 1 aromatic rings. The van der Waals surface area contributed by atoms with E-state index in [0.29, 0.717) is 5.56 Å². The molecule has 0 bridgehead atoms. The molecular weight excluding hydrogens is 252 g/mol. The second-order valence-corrected chi connectivity index (χ2v) is 3.89. The first kappa shape index (κ1) is 14.6. The summed E-state index contributed by atoms with van der Waals surface area (Å²) in [5, 5.41) is 10.8. The Morgan fingerprint density at radius 2 is 2.00 bits per heavy atom. The van der Waals surface area contributed by atoms with E-state index in [1.54, 1.807) is 6.07 Å². The monoisotopic (exact) mass is 266 g/mol. The van der Waals surface area contributed by atoms with Crippen molar-refractivity contribution in [2.75, 3.05) is 20.7 Å². The molecule has 1 rings (SSSR count). The molecule has 0 aliphatic rings. The normalized spacial score (nSPS) is 9.79. The maximum absolute atomic E-state index is 11.8. The summed E-state index contributed by atoms with van der Waals surface area (Å²) in [5.41, 5.74) is 0.205. The highest BCUT2D eigenvalue weighted by Gasteiger charge is 2.19. The summed E-state index contributed by atoms with van der Waals surface area (Å²) in [6, 6.07) is 6.01. The van der Waals surface area contributed by atoms with Gasteiger partial charge >= 0.3 is 5.97 Å². The first-order chi connectivity index (χ1) is 8.95. The van der Waals surface area contributed by atoms with Crippen molar-refractivity contribution in [2.45, 2.75) is 6.42 Å². The first-order valence-electron chi connectivity index (χ1n) is 5.48. The highest BCUT2D eigenvalue weighted by atomic mass is 16.6. The number of rotatable bonds is 5. The van der Waals surface area contributed by atoms with Crippen LogP contribution in [0.1, 0.15) is 5.56 Å². The van der Waals surface area contributed by atoms with E-state index in [0.717, 1.165) is 0 Å². The van der Waals surface area contributed by atoms with Crippen molar-refractivity contribution >= 4 is 17.6 Å². The Kier molecular flexibility index (Phi) is 4.99. The number of carbonyl (C=O) groups excluding carboxylic acids is 2. The minimum Gasteiger partial charge on any atom is -0.468 e. The van der Waals surface area contributed by atoms with Gasteiger partial charge in [0, 0.05) is 18.7 Å². The zero-order valence-electron chi connectivity index (χ0n) is 10.7. The standard InChI is InChI=1S/C12H14N2O5/c1-13(8-12(16)19-2)11(15)7-9-5-3-4-6-10(9)14(17)18/h3-6H,7-8H2,1-2H3. The lowest BCUT2D eigenvalue weighted by Gasteiger charge is -2.15. The fourth-order valence-corrected chi connectivity index (χ4v) is 1.48. The second kappa shape index (κ2) is 6.48. The molecule has 7 nitrogen and oxygen atoms in total. The zero-order valence-corrected chi connectivity index (χ0v) is 10.7. The molecule has 102 valence electrons. The number of nitro benzene ring substituents is 1. The van der Waals surface area contributed by atoms with Gasteiger partial charge in [0.1, 0.15) is 6.54 Å². The molecule has 0 spiro atoms. The Bertz CT molecular complexity index is 501. The number of likely N-dealkylation sites (N-methyl/N-ethyl adjacent to an activating group) is 1. The Morgan fingerprint density at radius 3 is 2.58 bits per heavy atom. The minimum absolute atomic E-state index is 0.109. The van der Waals surface area contributed by atoms with Crippen molar-refractivity contribution in [1.82, 2.24) is 4.90 Å². The molecular formula is C12H14N2O5. The predicted octanol–water partition coefficient (Wildman–Crippen LogP) is 0.769. The van der Waals surface area contributed by atoms with Crippen LogP contribution in [0.15, 0.2) is 24.3 Å². The van der Waals surface area contributed by atoms with E-state index in [9.17, 15) is 19.7 Å². The summed E-state index contributed by atoms with van der Waals surface area (Å²) in [6.45, 7) is -0.185. The molecule has 0 aromatic heterocycles. The molecule has 0 aliphatic carbocycles. The Labute approximate surface area is 109 Å². The van der Waals surface area contributed by atoms with Crippen LogP contribution in [0.5, 0.6) is 0 Å². The van der Waals surface area contributed by atoms with Crippen LogP contribution in [0, 0.1) is 10.1 Å². The van der Waals surface area contributed by atoms with E-state index in [1.807, 2.05) is 0 Å². The lowest BCUT2D eigenvalue weighted by molar-refractivity contribution is -0.385. The van der Waals surface area contributed by atoms with Gasteiger partial charge in [-0.1, -0.05) is 18.2 Å². The van der Waals surface area contributed by atoms with Crippen LogP contribution in [-0.2, 0) is 20.7 Å². The van der Waals surface area contributed by atoms with Crippen LogP contribution in [0.25, 0.3) is 0 Å². The van der Waals surface area contributed by atoms with Crippen molar-refractivity contribution in [1.29, 1.82) is 0 Å². The predicted molar refractivity (Wildman–Crippen MR) is 66.5 cm³/mol. The summed E-state index contributed by atoms with van der Waals surface area (Å²) in [5.74, 6) is -0.932. The van der Waals surface area contributed by atoms with Gasteiger partial charge in [-0.25, -0.2) is 0 Å². The summed E-state index contributed by atoms with van der Waals surface area (Å²) < 4.78 is 4.44. The van der Waals surface area contributed by atoms with Gasteiger partial charge in [-0.3, -0.25) is 19.7 Å². The van der Waals surface area contributed by atoms with Crippen molar-refractivity contribution in [3.63, 3.8) is 0 Å². The molecule has 0 aliphatic heterocycles. The number of amides is 1. The van der Waals surface area contributed by atoms with Gasteiger partial charge in [0.15, 0.2) is 0 Å². The second-order valence-electron chi connectivity index (χ2n) is 3.89. The number of methoxy groups -OCH3 is 1. The number of esters is 1. The topological polar surface area (TPSA) is 89.8 Å². The highest BCUT2D eigenvalue weighted by molar-refractivity contribution is 5.84. The zero-order chi connectivity index (χ0) is 14.4. The third kappa shape index (κ3) is 4.06. The number of benzene rings is 1. The molecule has 0 heterocycles. The molecule has 0 atom stereocenters. The van der Waals surface area contributed by atoms with Gasteiger partial charge in [0.2, 0.25) is 5.91 Å². The maximum Gasteiger partial charge on any atom is 0.325 e. The quantitative estimate of drug-likeness (QED) is 0.446. The SMILES string of the molecule is COC(=O)CN(C)C(=O)Cc1ccccc1[N+](=O)[O-]. The fraction of sp³-hybridized carbons (Fsp3) is 0.333.